The molecule has 0 bridgehead atoms. The first-order valence-corrected chi connectivity index (χ1v) is 8.67. The van der Waals surface area contributed by atoms with Gasteiger partial charge in [0.05, 0.1) is 30.7 Å². The molecule has 2 aromatic heterocycles. The Labute approximate surface area is 163 Å². The van der Waals surface area contributed by atoms with Crippen LogP contribution in [0.3, 0.4) is 0 Å². The molecule has 3 N–H and O–H groups in total. The molecule has 0 amide bonds. The number of hydrogen-bond acceptors (Lipinski definition) is 7. The predicted molar refractivity (Wildman–Crippen MR) is 99.7 cm³/mol. The number of anilines is 1. The van der Waals surface area contributed by atoms with Gasteiger partial charge in [-0.2, -0.15) is 5.26 Å². The van der Waals surface area contributed by atoms with E-state index in [1.807, 2.05) is 6.07 Å². The van der Waals surface area contributed by atoms with E-state index in [0.29, 0.717) is 17.6 Å². The molecule has 0 radical (unpaired) electrons. The Morgan fingerprint density at radius 3 is 2.83 bits per heavy atom. The monoisotopic (exact) mass is 399 g/mol. The van der Waals surface area contributed by atoms with E-state index in [-0.39, 0.29) is 42.2 Å². The molecule has 1 aromatic carbocycles. The first-order valence-electron chi connectivity index (χ1n) is 8.67. The van der Waals surface area contributed by atoms with Gasteiger partial charge in [-0.25, -0.2) is 18.8 Å². The third kappa shape index (κ3) is 3.68. The van der Waals surface area contributed by atoms with E-state index >= 15 is 0 Å². The Balaban J connectivity index is 1.60. The quantitative estimate of drug-likeness (QED) is 0.621. The number of fused-ring (bicyclic) bond motifs is 1. The van der Waals surface area contributed by atoms with E-state index in [0.717, 1.165) is 12.1 Å². The first-order chi connectivity index (χ1) is 14.1. The van der Waals surface area contributed by atoms with E-state index < -0.39 is 17.4 Å². The molecule has 1 unspecified atom stereocenters. The van der Waals surface area contributed by atoms with Gasteiger partial charge in [0.25, 0.3) is 6.02 Å². The van der Waals surface area contributed by atoms with Crippen LogP contribution in [-0.2, 0) is 4.74 Å². The molecular formula is C19H15F2N5O3. The molecule has 10 heteroatoms. The number of aliphatic imine (C=N–C) groups is 1. The number of aromatic amines is 1. The largest absolute Gasteiger partial charge is 0.465 e. The number of benzene rings is 1. The SMILES string of the molecule is N#Cc1c[nH]c2nccc(Oc3c(F)cc(NC4=NCC(CO)CO4)cc3F)c12. The van der Waals surface area contributed by atoms with E-state index in [9.17, 15) is 14.0 Å². The molecule has 1 aliphatic rings. The normalized spacial score (nSPS) is 16.1. The van der Waals surface area contributed by atoms with Crippen molar-refractivity contribution in [2.24, 2.45) is 10.9 Å². The highest BCUT2D eigenvalue weighted by Gasteiger charge is 2.20. The molecule has 0 spiro atoms. The zero-order valence-electron chi connectivity index (χ0n) is 14.9. The lowest BCUT2D eigenvalue weighted by Gasteiger charge is -2.21. The molecule has 1 atom stereocenters. The third-order valence-corrected chi connectivity index (χ3v) is 4.32. The number of aromatic nitrogens is 2. The number of nitrogens with one attached hydrogen (secondary N) is 2. The molecule has 29 heavy (non-hydrogen) atoms. The summed E-state index contributed by atoms with van der Waals surface area (Å²) in [6.07, 6.45) is 2.84. The Morgan fingerprint density at radius 1 is 1.38 bits per heavy atom. The number of halogens is 2. The van der Waals surface area contributed by atoms with Crippen molar-refractivity contribution in [1.29, 1.82) is 5.26 Å². The van der Waals surface area contributed by atoms with Crippen molar-refractivity contribution in [3.63, 3.8) is 0 Å². The van der Waals surface area contributed by atoms with Crippen LogP contribution in [0, 0.1) is 28.9 Å². The Bertz CT molecular complexity index is 1120. The summed E-state index contributed by atoms with van der Waals surface area (Å²) in [5, 5.41) is 21.3. The number of nitrogens with zero attached hydrogens (tertiary/aromatic N) is 3. The molecule has 1 aliphatic heterocycles. The second-order valence-corrected chi connectivity index (χ2v) is 6.35. The van der Waals surface area contributed by atoms with Gasteiger partial charge in [0.15, 0.2) is 17.4 Å². The topological polar surface area (TPSA) is 116 Å². The van der Waals surface area contributed by atoms with Crippen LogP contribution in [-0.4, -0.2) is 40.9 Å². The van der Waals surface area contributed by atoms with E-state index in [1.165, 1.54) is 18.5 Å². The highest BCUT2D eigenvalue weighted by atomic mass is 19.1. The van der Waals surface area contributed by atoms with Gasteiger partial charge in [0.1, 0.15) is 17.5 Å². The van der Waals surface area contributed by atoms with Crippen molar-refractivity contribution in [3.8, 4) is 17.6 Å². The third-order valence-electron chi connectivity index (χ3n) is 4.32. The number of ether oxygens (including phenoxy) is 2. The molecule has 3 heterocycles. The van der Waals surface area contributed by atoms with Crippen molar-refractivity contribution >= 4 is 22.7 Å². The van der Waals surface area contributed by atoms with Gasteiger partial charge in [0.2, 0.25) is 0 Å². The molecule has 148 valence electrons. The minimum Gasteiger partial charge on any atom is -0.465 e. The number of amidine groups is 1. The van der Waals surface area contributed by atoms with Crippen molar-refractivity contribution in [3.05, 3.63) is 47.8 Å². The fourth-order valence-electron chi connectivity index (χ4n) is 2.86. The lowest BCUT2D eigenvalue weighted by Crippen LogP contribution is -2.29. The summed E-state index contributed by atoms with van der Waals surface area (Å²) >= 11 is 0. The maximum Gasteiger partial charge on any atom is 0.289 e. The molecule has 4 rings (SSSR count). The summed E-state index contributed by atoms with van der Waals surface area (Å²) in [6, 6.07) is 5.60. The van der Waals surface area contributed by atoms with E-state index in [2.05, 4.69) is 20.3 Å². The fourth-order valence-corrected chi connectivity index (χ4v) is 2.86. The van der Waals surface area contributed by atoms with E-state index in [4.69, 9.17) is 14.6 Å². The highest BCUT2D eigenvalue weighted by Crippen LogP contribution is 2.35. The van der Waals surface area contributed by atoms with E-state index in [1.54, 1.807) is 0 Å². The molecule has 3 aromatic rings. The van der Waals surface area contributed by atoms with Gasteiger partial charge in [-0.15, -0.1) is 0 Å². The average molecular weight is 399 g/mol. The number of rotatable bonds is 4. The Kier molecular flexibility index (Phi) is 4.97. The second-order valence-electron chi connectivity index (χ2n) is 6.35. The summed E-state index contributed by atoms with van der Waals surface area (Å²) in [5.74, 6) is -2.51. The predicted octanol–water partition coefficient (Wildman–Crippen LogP) is 2.91. The lowest BCUT2D eigenvalue weighted by atomic mass is 10.2. The summed E-state index contributed by atoms with van der Waals surface area (Å²) in [5.41, 5.74) is 0.704. The highest BCUT2D eigenvalue weighted by molar-refractivity contribution is 5.90. The van der Waals surface area contributed by atoms with Crippen molar-refractivity contribution in [1.82, 2.24) is 9.97 Å². The zero-order chi connectivity index (χ0) is 20.4. The first kappa shape index (κ1) is 18.6. The molecular weight excluding hydrogens is 384 g/mol. The zero-order valence-corrected chi connectivity index (χ0v) is 14.9. The van der Waals surface area contributed by atoms with Crippen molar-refractivity contribution in [2.75, 3.05) is 25.1 Å². The fraction of sp³-hybridized carbons (Fsp3) is 0.211. The van der Waals surface area contributed by atoms with Crippen LogP contribution in [0.1, 0.15) is 5.56 Å². The van der Waals surface area contributed by atoms with Gasteiger partial charge in [-0.3, -0.25) is 0 Å². The Hall–Kier alpha value is -3.71. The average Bonchev–Trinajstić information content (AvgIpc) is 3.15. The minimum atomic E-state index is -0.948. The van der Waals surface area contributed by atoms with Crippen LogP contribution in [0.2, 0.25) is 0 Å². The van der Waals surface area contributed by atoms with Gasteiger partial charge in [-0.05, 0) is 6.07 Å². The standard InChI is InChI=1S/C19H15F2N5O3/c20-13-3-12(26-19-25-6-10(8-27)9-28-19)4-14(21)17(13)29-15-1-2-23-18-16(15)11(5-22)7-24-18/h1-4,7,10,27H,6,8-9H2,(H,23,24)(H,25,26). The van der Waals surface area contributed by atoms with Crippen molar-refractivity contribution in [2.45, 2.75) is 0 Å². The lowest BCUT2D eigenvalue weighted by molar-refractivity contribution is 0.148. The van der Waals surface area contributed by atoms with Crippen LogP contribution in [0.5, 0.6) is 11.5 Å². The number of aliphatic hydroxyl groups is 1. The van der Waals surface area contributed by atoms with Crippen LogP contribution < -0.4 is 10.1 Å². The van der Waals surface area contributed by atoms with Gasteiger partial charge in [0, 0.05) is 36.1 Å². The van der Waals surface area contributed by atoms with Crippen LogP contribution in [0.25, 0.3) is 11.0 Å². The molecule has 0 saturated heterocycles. The maximum absolute atomic E-state index is 14.6. The van der Waals surface area contributed by atoms with Crippen LogP contribution in [0.15, 0.2) is 35.6 Å². The summed E-state index contributed by atoms with van der Waals surface area (Å²) < 4.78 is 39.9. The molecule has 0 fully saturated rings. The molecule has 8 nitrogen and oxygen atoms in total. The molecule has 0 aliphatic carbocycles. The van der Waals surface area contributed by atoms with Crippen LogP contribution >= 0.6 is 0 Å². The number of nitriles is 1. The summed E-state index contributed by atoms with van der Waals surface area (Å²) in [7, 11) is 0. The van der Waals surface area contributed by atoms with Gasteiger partial charge >= 0.3 is 0 Å². The van der Waals surface area contributed by atoms with Gasteiger partial charge in [-0.1, -0.05) is 0 Å². The van der Waals surface area contributed by atoms with Gasteiger partial charge < -0.3 is 24.9 Å². The number of hydrogen-bond donors (Lipinski definition) is 3. The Morgan fingerprint density at radius 2 is 2.17 bits per heavy atom. The smallest absolute Gasteiger partial charge is 0.289 e. The maximum atomic E-state index is 14.6. The number of pyridine rings is 1. The second kappa shape index (κ2) is 7.73. The van der Waals surface area contributed by atoms with Crippen LogP contribution in [0.4, 0.5) is 14.5 Å². The number of H-pyrrole nitrogens is 1. The number of aliphatic hydroxyl groups excluding tert-OH is 1. The summed E-state index contributed by atoms with van der Waals surface area (Å²) in [4.78, 5) is 10.9. The molecule has 0 saturated carbocycles. The summed E-state index contributed by atoms with van der Waals surface area (Å²) in [6.45, 7) is 0.550. The van der Waals surface area contributed by atoms with Crippen molar-refractivity contribution < 1.29 is 23.4 Å². The minimum absolute atomic E-state index is 0.0526.